The molecule has 2 aromatic carbocycles. The largest absolute Gasteiger partial charge is 0.508 e. The molecular weight excluding hydrogens is 364 g/mol. The molecule has 5 nitrogen and oxygen atoms in total. The van der Waals surface area contributed by atoms with E-state index in [1.165, 1.54) is 38.5 Å². The fourth-order valence-electron chi connectivity index (χ4n) is 4.07. The fraction of sp³-hybridized carbons (Fsp3) is 0.458. The first-order valence-electron chi connectivity index (χ1n) is 10.8. The number of fused-ring (bicyclic) bond motifs is 1. The van der Waals surface area contributed by atoms with E-state index in [1.807, 2.05) is 23.1 Å². The molecule has 0 radical (unpaired) electrons. The van der Waals surface area contributed by atoms with Gasteiger partial charge in [0.15, 0.2) is 6.17 Å². The van der Waals surface area contributed by atoms with Crippen LogP contribution >= 0.6 is 0 Å². The van der Waals surface area contributed by atoms with Crippen molar-refractivity contribution >= 4 is 11.6 Å². The summed E-state index contributed by atoms with van der Waals surface area (Å²) in [5.41, 5.74) is 1.82. The minimum atomic E-state index is -0.733. The summed E-state index contributed by atoms with van der Waals surface area (Å²) in [4.78, 5) is 14.8. The second kappa shape index (κ2) is 10.3. The molecule has 3 rings (SSSR count). The highest BCUT2D eigenvalue weighted by atomic mass is 16.5. The molecule has 0 fully saturated rings. The number of carbonyl (C=O) groups excluding carboxylic acids is 1. The molecular formula is C24H32N2O3. The maximum absolute atomic E-state index is 12.7. The van der Waals surface area contributed by atoms with Gasteiger partial charge in [-0.1, -0.05) is 82.2 Å². The second-order valence-corrected chi connectivity index (χ2v) is 7.77. The van der Waals surface area contributed by atoms with Gasteiger partial charge in [-0.25, -0.2) is 0 Å². The number of rotatable bonds is 10. The first kappa shape index (κ1) is 21.2. The standard InChI is InChI=1S/C24H32N2O3/c1-2-3-4-5-6-7-8-13-18-25-21-16-11-9-14-19(21)24(28)26(29)23(25)20-15-10-12-17-22(20)27/h9-12,14-17,23,27,29H,2-8,13,18H2,1H3. The Morgan fingerprint density at radius 3 is 2.21 bits per heavy atom. The van der Waals surface area contributed by atoms with E-state index in [-0.39, 0.29) is 5.75 Å². The summed E-state index contributed by atoms with van der Waals surface area (Å²) < 4.78 is 0. The second-order valence-electron chi connectivity index (χ2n) is 7.77. The number of amides is 1. The summed E-state index contributed by atoms with van der Waals surface area (Å²) in [7, 11) is 0. The molecule has 0 aliphatic carbocycles. The summed E-state index contributed by atoms with van der Waals surface area (Å²) in [6, 6.07) is 14.3. The molecule has 1 heterocycles. The van der Waals surface area contributed by atoms with Gasteiger partial charge in [0.25, 0.3) is 5.91 Å². The van der Waals surface area contributed by atoms with E-state index in [9.17, 15) is 15.1 Å². The number of benzene rings is 2. The van der Waals surface area contributed by atoms with Gasteiger partial charge in [-0.15, -0.1) is 0 Å². The number of aromatic hydroxyl groups is 1. The Bertz CT molecular complexity index is 808. The molecule has 1 amide bonds. The first-order valence-corrected chi connectivity index (χ1v) is 10.8. The zero-order valence-corrected chi connectivity index (χ0v) is 17.3. The molecule has 5 heteroatoms. The van der Waals surface area contributed by atoms with Crippen LogP contribution in [0, 0.1) is 0 Å². The average Bonchev–Trinajstić information content (AvgIpc) is 2.74. The van der Waals surface area contributed by atoms with Crippen molar-refractivity contribution in [1.29, 1.82) is 0 Å². The molecule has 156 valence electrons. The average molecular weight is 397 g/mol. The van der Waals surface area contributed by atoms with Crippen LogP contribution in [0.25, 0.3) is 0 Å². The Balaban J connectivity index is 1.74. The van der Waals surface area contributed by atoms with Crippen molar-refractivity contribution < 1.29 is 15.1 Å². The van der Waals surface area contributed by atoms with Crippen molar-refractivity contribution in [2.75, 3.05) is 11.4 Å². The number of hydrogen-bond donors (Lipinski definition) is 2. The van der Waals surface area contributed by atoms with E-state index in [1.54, 1.807) is 30.3 Å². The van der Waals surface area contributed by atoms with E-state index in [0.717, 1.165) is 23.6 Å². The van der Waals surface area contributed by atoms with Gasteiger partial charge < -0.3 is 10.0 Å². The summed E-state index contributed by atoms with van der Waals surface area (Å²) >= 11 is 0. The lowest BCUT2D eigenvalue weighted by atomic mass is 10.0. The van der Waals surface area contributed by atoms with Gasteiger partial charge in [-0.3, -0.25) is 10.0 Å². The SMILES string of the molecule is CCCCCCCCCCN1c2ccccc2C(=O)N(O)C1c1ccccc1O. The maximum atomic E-state index is 12.7. The van der Waals surface area contributed by atoms with Crippen LogP contribution in [0.4, 0.5) is 5.69 Å². The minimum Gasteiger partial charge on any atom is -0.508 e. The smallest absolute Gasteiger partial charge is 0.281 e. The van der Waals surface area contributed by atoms with Crippen molar-refractivity contribution in [3.8, 4) is 5.75 Å². The monoisotopic (exact) mass is 396 g/mol. The normalized spacial score (nSPS) is 16.2. The van der Waals surface area contributed by atoms with Crippen LogP contribution in [0.3, 0.4) is 0 Å². The van der Waals surface area contributed by atoms with Gasteiger partial charge in [-0.2, -0.15) is 5.06 Å². The number of hydroxylamine groups is 2. The number of phenolic OH excluding ortho intramolecular Hbond substituents is 1. The first-order chi connectivity index (χ1) is 14.1. The van der Waals surface area contributed by atoms with Gasteiger partial charge in [0.2, 0.25) is 0 Å². The number of anilines is 1. The predicted molar refractivity (Wildman–Crippen MR) is 115 cm³/mol. The lowest BCUT2D eigenvalue weighted by molar-refractivity contribution is -0.0941. The molecule has 0 bridgehead atoms. The Morgan fingerprint density at radius 2 is 1.48 bits per heavy atom. The zero-order chi connectivity index (χ0) is 20.6. The van der Waals surface area contributed by atoms with E-state index in [0.29, 0.717) is 17.7 Å². The van der Waals surface area contributed by atoms with Crippen molar-refractivity contribution in [3.05, 3.63) is 59.7 Å². The molecule has 2 N–H and O–H groups in total. The summed E-state index contributed by atoms with van der Waals surface area (Å²) in [5.74, 6) is -0.370. The number of nitrogens with zero attached hydrogens (tertiary/aromatic N) is 2. The Morgan fingerprint density at radius 1 is 0.862 bits per heavy atom. The number of unbranched alkanes of at least 4 members (excludes halogenated alkanes) is 7. The van der Waals surface area contributed by atoms with Crippen LogP contribution in [0.2, 0.25) is 0 Å². The van der Waals surface area contributed by atoms with Gasteiger partial charge >= 0.3 is 0 Å². The Hall–Kier alpha value is -2.53. The van der Waals surface area contributed by atoms with Crippen molar-refractivity contribution in [1.82, 2.24) is 5.06 Å². The molecule has 0 spiro atoms. The molecule has 0 saturated heterocycles. The van der Waals surface area contributed by atoms with Crippen molar-refractivity contribution in [3.63, 3.8) is 0 Å². The summed E-state index contributed by atoms with van der Waals surface area (Å²) in [6.45, 7) is 2.93. The quantitative estimate of drug-likeness (QED) is 0.389. The van der Waals surface area contributed by atoms with Crippen LogP contribution in [0.1, 0.15) is 80.4 Å². The third kappa shape index (κ3) is 4.91. The van der Waals surface area contributed by atoms with Crippen molar-refractivity contribution in [2.24, 2.45) is 0 Å². The summed E-state index contributed by atoms with van der Waals surface area (Å²) in [6.07, 6.45) is 8.97. The number of phenols is 1. The third-order valence-electron chi connectivity index (χ3n) is 5.65. The van der Waals surface area contributed by atoms with E-state index < -0.39 is 12.1 Å². The molecule has 0 saturated carbocycles. The molecule has 1 atom stereocenters. The van der Waals surface area contributed by atoms with Gasteiger partial charge in [0, 0.05) is 12.1 Å². The fourth-order valence-corrected chi connectivity index (χ4v) is 4.07. The lowest BCUT2D eigenvalue weighted by Gasteiger charge is -2.42. The maximum Gasteiger partial charge on any atom is 0.281 e. The third-order valence-corrected chi connectivity index (χ3v) is 5.65. The van der Waals surface area contributed by atoms with E-state index in [4.69, 9.17) is 0 Å². The highest BCUT2D eigenvalue weighted by Gasteiger charge is 2.38. The molecule has 29 heavy (non-hydrogen) atoms. The van der Waals surface area contributed by atoms with E-state index >= 15 is 0 Å². The molecule has 2 aromatic rings. The highest BCUT2D eigenvalue weighted by molar-refractivity contribution is 6.01. The lowest BCUT2D eigenvalue weighted by Crippen LogP contribution is -2.48. The Labute approximate surface area is 173 Å². The Kier molecular flexibility index (Phi) is 7.53. The van der Waals surface area contributed by atoms with Crippen molar-refractivity contribution in [2.45, 2.75) is 64.5 Å². The van der Waals surface area contributed by atoms with Gasteiger partial charge in [0.05, 0.1) is 11.3 Å². The topological polar surface area (TPSA) is 64.0 Å². The molecule has 0 aromatic heterocycles. The molecule has 1 aliphatic heterocycles. The van der Waals surface area contributed by atoms with Crippen LogP contribution in [0.15, 0.2) is 48.5 Å². The number of hydrogen-bond acceptors (Lipinski definition) is 4. The molecule has 1 aliphatic rings. The zero-order valence-electron chi connectivity index (χ0n) is 17.3. The predicted octanol–water partition coefficient (Wildman–Crippen LogP) is 5.88. The minimum absolute atomic E-state index is 0.0738. The van der Waals surface area contributed by atoms with Gasteiger partial charge in [-0.05, 0) is 24.6 Å². The summed E-state index contributed by atoms with van der Waals surface area (Å²) in [5, 5.41) is 21.8. The molecule has 1 unspecified atom stereocenters. The van der Waals surface area contributed by atoms with E-state index in [2.05, 4.69) is 6.92 Å². The van der Waals surface area contributed by atoms with Crippen LogP contribution in [-0.2, 0) is 0 Å². The highest BCUT2D eigenvalue weighted by Crippen LogP contribution is 2.40. The van der Waals surface area contributed by atoms with Crippen LogP contribution < -0.4 is 4.90 Å². The van der Waals surface area contributed by atoms with Crippen LogP contribution in [-0.4, -0.2) is 27.8 Å². The van der Waals surface area contributed by atoms with Crippen LogP contribution in [0.5, 0.6) is 5.75 Å². The number of para-hydroxylation sites is 2. The number of carbonyl (C=O) groups is 1. The van der Waals surface area contributed by atoms with Gasteiger partial charge in [0.1, 0.15) is 5.75 Å².